The van der Waals surface area contributed by atoms with E-state index in [4.69, 9.17) is 4.74 Å². The number of rotatable bonds is 6. The van der Waals surface area contributed by atoms with Gasteiger partial charge in [0.15, 0.2) is 0 Å². The SMILES string of the molecule is CC(C)NCCCOc1n[nH]c(=O)[nH]c1=O. The number of nitrogens with one attached hydrogen (secondary N) is 3. The Morgan fingerprint density at radius 3 is 2.81 bits per heavy atom. The minimum absolute atomic E-state index is 0.107. The quantitative estimate of drug-likeness (QED) is 0.555. The molecular weight excluding hydrogens is 212 g/mol. The molecule has 0 atom stereocenters. The first kappa shape index (κ1) is 12.4. The number of hydrogen-bond donors (Lipinski definition) is 3. The minimum atomic E-state index is -0.640. The number of hydrogen-bond acceptors (Lipinski definition) is 5. The summed E-state index contributed by atoms with van der Waals surface area (Å²) in [6.45, 7) is 5.28. The first-order valence-corrected chi connectivity index (χ1v) is 5.15. The van der Waals surface area contributed by atoms with Gasteiger partial charge in [-0.05, 0) is 13.0 Å². The van der Waals surface area contributed by atoms with Gasteiger partial charge in [-0.3, -0.25) is 9.78 Å². The fourth-order valence-corrected chi connectivity index (χ4v) is 1.07. The number of nitrogens with zero attached hydrogens (tertiary/aromatic N) is 1. The van der Waals surface area contributed by atoms with Gasteiger partial charge in [-0.1, -0.05) is 13.8 Å². The molecule has 1 rings (SSSR count). The molecule has 1 heterocycles. The van der Waals surface area contributed by atoms with Gasteiger partial charge in [-0.2, -0.15) is 0 Å². The average Bonchev–Trinajstić information content (AvgIpc) is 2.20. The van der Waals surface area contributed by atoms with Gasteiger partial charge >= 0.3 is 11.2 Å². The van der Waals surface area contributed by atoms with Crippen LogP contribution in [0.1, 0.15) is 20.3 Å². The molecule has 0 aromatic carbocycles. The lowest BCUT2D eigenvalue weighted by Crippen LogP contribution is -2.27. The van der Waals surface area contributed by atoms with Gasteiger partial charge in [0.05, 0.1) is 6.61 Å². The zero-order valence-electron chi connectivity index (χ0n) is 9.37. The molecule has 0 aliphatic rings. The van der Waals surface area contributed by atoms with E-state index in [1.54, 1.807) is 0 Å². The lowest BCUT2D eigenvalue weighted by molar-refractivity contribution is 0.286. The van der Waals surface area contributed by atoms with Crippen LogP contribution in [-0.2, 0) is 0 Å². The van der Waals surface area contributed by atoms with Crippen LogP contribution in [-0.4, -0.2) is 34.4 Å². The Morgan fingerprint density at radius 1 is 1.44 bits per heavy atom. The number of H-pyrrole nitrogens is 2. The van der Waals surface area contributed by atoms with Crippen molar-refractivity contribution in [2.45, 2.75) is 26.3 Å². The third-order valence-electron chi connectivity index (χ3n) is 1.79. The van der Waals surface area contributed by atoms with Gasteiger partial charge in [-0.15, -0.1) is 5.10 Å². The van der Waals surface area contributed by atoms with Crippen LogP contribution in [0.15, 0.2) is 9.59 Å². The first-order valence-electron chi connectivity index (χ1n) is 5.15. The minimum Gasteiger partial charge on any atom is -0.473 e. The highest BCUT2D eigenvalue weighted by atomic mass is 16.5. The van der Waals surface area contributed by atoms with E-state index in [-0.39, 0.29) is 5.88 Å². The Labute approximate surface area is 92.2 Å². The van der Waals surface area contributed by atoms with Gasteiger partial charge in [0.1, 0.15) is 0 Å². The Hall–Kier alpha value is -1.63. The molecule has 0 unspecified atom stereocenters. The van der Waals surface area contributed by atoms with E-state index in [0.29, 0.717) is 12.6 Å². The lowest BCUT2D eigenvalue weighted by atomic mass is 10.3. The van der Waals surface area contributed by atoms with Gasteiger partial charge in [-0.25, -0.2) is 9.89 Å². The van der Waals surface area contributed by atoms with Crippen molar-refractivity contribution in [1.82, 2.24) is 20.5 Å². The third-order valence-corrected chi connectivity index (χ3v) is 1.79. The summed E-state index contributed by atoms with van der Waals surface area (Å²) >= 11 is 0. The molecule has 0 spiro atoms. The molecule has 7 heteroatoms. The van der Waals surface area contributed by atoms with Crippen molar-refractivity contribution in [3.8, 4) is 5.88 Å². The van der Waals surface area contributed by atoms with Crippen LogP contribution < -0.4 is 21.3 Å². The smallest absolute Gasteiger partial charge is 0.342 e. The summed E-state index contributed by atoms with van der Waals surface area (Å²) in [5.41, 5.74) is -1.25. The second-order valence-electron chi connectivity index (χ2n) is 3.62. The summed E-state index contributed by atoms with van der Waals surface area (Å²) in [5, 5.41) is 8.80. The number of aromatic amines is 2. The van der Waals surface area contributed by atoms with E-state index >= 15 is 0 Å². The maximum atomic E-state index is 11.1. The molecule has 0 fully saturated rings. The maximum Gasteiger partial charge on any atom is 0.342 e. The number of aromatic nitrogens is 3. The van der Waals surface area contributed by atoms with Crippen LogP contribution in [0.25, 0.3) is 0 Å². The highest BCUT2D eigenvalue weighted by molar-refractivity contribution is 4.98. The fourth-order valence-electron chi connectivity index (χ4n) is 1.07. The van der Waals surface area contributed by atoms with Crippen LogP contribution in [0, 0.1) is 0 Å². The second kappa shape index (κ2) is 6.06. The zero-order chi connectivity index (χ0) is 12.0. The molecule has 0 amide bonds. The average molecular weight is 228 g/mol. The molecule has 0 saturated carbocycles. The summed E-state index contributed by atoms with van der Waals surface area (Å²) in [5.74, 6) is -0.107. The van der Waals surface area contributed by atoms with E-state index in [1.165, 1.54) is 0 Å². The molecule has 16 heavy (non-hydrogen) atoms. The van der Waals surface area contributed by atoms with Crippen LogP contribution >= 0.6 is 0 Å². The highest BCUT2D eigenvalue weighted by Gasteiger charge is 2.02. The van der Waals surface area contributed by atoms with E-state index in [9.17, 15) is 9.59 Å². The topological polar surface area (TPSA) is 99.9 Å². The molecule has 1 aromatic rings. The standard InChI is InChI=1S/C9H16N4O3/c1-6(2)10-4-3-5-16-8-7(14)11-9(15)13-12-8/h6,10H,3-5H2,1-2H3,(H2,11,13,14,15). The molecule has 3 N–H and O–H groups in total. The predicted molar refractivity (Wildman–Crippen MR) is 58.7 cm³/mol. The summed E-state index contributed by atoms with van der Waals surface area (Å²) in [6.07, 6.45) is 0.762. The molecule has 0 aliphatic heterocycles. The molecule has 1 aromatic heterocycles. The fraction of sp³-hybridized carbons (Fsp3) is 0.667. The Kier molecular flexibility index (Phi) is 4.71. The summed E-state index contributed by atoms with van der Waals surface area (Å²) in [7, 11) is 0. The van der Waals surface area contributed by atoms with Gasteiger partial charge in [0.2, 0.25) is 0 Å². The van der Waals surface area contributed by atoms with Crippen molar-refractivity contribution in [2.24, 2.45) is 0 Å². The first-order chi connectivity index (χ1) is 7.59. The van der Waals surface area contributed by atoms with Crippen molar-refractivity contribution >= 4 is 0 Å². The van der Waals surface area contributed by atoms with Crippen molar-refractivity contribution in [1.29, 1.82) is 0 Å². The van der Waals surface area contributed by atoms with Gasteiger partial charge in [0, 0.05) is 6.04 Å². The summed E-state index contributed by atoms with van der Waals surface area (Å²) < 4.78 is 5.11. The maximum absolute atomic E-state index is 11.1. The van der Waals surface area contributed by atoms with Crippen LogP contribution in [0.5, 0.6) is 5.88 Å². The predicted octanol–water partition coefficient (Wildman–Crippen LogP) is -0.775. The van der Waals surface area contributed by atoms with Crippen molar-refractivity contribution < 1.29 is 4.74 Å². The van der Waals surface area contributed by atoms with E-state index in [0.717, 1.165) is 13.0 Å². The van der Waals surface area contributed by atoms with E-state index in [1.807, 2.05) is 4.98 Å². The Morgan fingerprint density at radius 2 is 2.19 bits per heavy atom. The largest absolute Gasteiger partial charge is 0.473 e. The highest BCUT2D eigenvalue weighted by Crippen LogP contribution is 1.91. The molecule has 0 radical (unpaired) electrons. The lowest BCUT2D eigenvalue weighted by Gasteiger charge is -2.07. The zero-order valence-corrected chi connectivity index (χ0v) is 9.37. The normalized spacial score (nSPS) is 10.7. The molecule has 0 bridgehead atoms. The molecule has 0 saturated heterocycles. The molecule has 90 valence electrons. The summed E-state index contributed by atoms with van der Waals surface area (Å²) in [4.78, 5) is 23.8. The van der Waals surface area contributed by atoms with Crippen molar-refractivity contribution in [3.63, 3.8) is 0 Å². The van der Waals surface area contributed by atoms with Crippen LogP contribution in [0.4, 0.5) is 0 Å². The third kappa shape index (κ3) is 4.26. The van der Waals surface area contributed by atoms with Gasteiger partial charge in [0.25, 0.3) is 5.88 Å². The Balaban J connectivity index is 2.32. The number of ether oxygens (including phenoxy) is 1. The van der Waals surface area contributed by atoms with Crippen molar-refractivity contribution in [2.75, 3.05) is 13.2 Å². The second-order valence-corrected chi connectivity index (χ2v) is 3.62. The molecular formula is C9H16N4O3. The van der Waals surface area contributed by atoms with E-state index < -0.39 is 11.2 Å². The monoisotopic (exact) mass is 228 g/mol. The van der Waals surface area contributed by atoms with Crippen molar-refractivity contribution in [3.05, 3.63) is 20.8 Å². The Bertz CT molecular complexity index is 423. The molecule has 7 nitrogen and oxygen atoms in total. The molecule has 0 aliphatic carbocycles. The van der Waals surface area contributed by atoms with E-state index in [2.05, 4.69) is 29.4 Å². The summed E-state index contributed by atoms with van der Waals surface area (Å²) in [6, 6.07) is 0.426. The van der Waals surface area contributed by atoms with Crippen LogP contribution in [0.2, 0.25) is 0 Å². The van der Waals surface area contributed by atoms with Gasteiger partial charge < -0.3 is 10.1 Å². The van der Waals surface area contributed by atoms with Crippen LogP contribution in [0.3, 0.4) is 0 Å².